The summed E-state index contributed by atoms with van der Waals surface area (Å²) in [4.78, 5) is 22.1. The minimum Gasteiger partial charge on any atom is -0.378 e. The van der Waals surface area contributed by atoms with E-state index in [1.807, 2.05) is 36.1 Å². The largest absolute Gasteiger partial charge is 0.378 e. The number of thioether (sulfide) groups is 1. The van der Waals surface area contributed by atoms with Gasteiger partial charge in [-0.1, -0.05) is 30.0 Å². The summed E-state index contributed by atoms with van der Waals surface area (Å²) in [5, 5.41) is 9.71. The first-order valence-electron chi connectivity index (χ1n) is 7.87. The maximum atomic E-state index is 12.5. The Balaban J connectivity index is 1.55. The zero-order chi connectivity index (χ0) is 16.5. The van der Waals surface area contributed by atoms with Crippen molar-refractivity contribution >= 4 is 39.7 Å². The highest BCUT2D eigenvalue weighted by molar-refractivity contribution is 8.00. The fourth-order valence-corrected chi connectivity index (χ4v) is 3.60. The lowest BCUT2D eigenvalue weighted by Crippen LogP contribution is -2.44. The highest BCUT2D eigenvalue weighted by Gasteiger charge is 2.24. The van der Waals surface area contributed by atoms with Crippen LogP contribution in [-0.4, -0.2) is 62.5 Å². The van der Waals surface area contributed by atoms with Crippen molar-refractivity contribution in [3.8, 4) is 0 Å². The zero-order valence-electron chi connectivity index (χ0n) is 13.2. The van der Waals surface area contributed by atoms with Gasteiger partial charge in [-0.3, -0.25) is 4.79 Å². The molecule has 1 N–H and O–H groups in total. The maximum absolute atomic E-state index is 12.5. The van der Waals surface area contributed by atoms with E-state index in [-0.39, 0.29) is 11.2 Å². The van der Waals surface area contributed by atoms with Gasteiger partial charge in [0.25, 0.3) is 0 Å². The molecule has 8 heteroatoms. The number of para-hydroxylation sites is 1. The topological polar surface area (TPSA) is 84.0 Å². The molecule has 3 heterocycles. The van der Waals surface area contributed by atoms with Crippen LogP contribution in [0.25, 0.3) is 22.1 Å². The van der Waals surface area contributed by atoms with E-state index in [2.05, 4.69) is 20.2 Å². The summed E-state index contributed by atoms with van der Waals surface area (Å²) >= 11 is 1.33. The molecule has 3 aromatic rings. The third kappa shape index (κ3) is 2.83. The summed E-state index contributed by atoms with van der Waals surface area (Å²) in [6, 6.07) is 7.89. The minimum absolute atomic E-state index is 0.0867. The molecule has 0 aliphatic carbocycles. The normalized spacial score (nSPS) is 16.6. The monoisotopic (exact) mass is 343 g/mol. The highest BCUT2D eigenvalue weighted by Crippen LogP contribution is 2.25. The molecule has 1 aliphatic rings. The number of carbonyl (C=O) groups excluding carboxylic acids is 1. The van der Waals surface area contributed by atoms with Gasteiger partial charge in [0.1, 0.15) is 5.52 Å². The van der Waals surface area contributed by atoms with Gasteiger partial charge in [-0.05, 0) is 13.0 Å². The van der Waals surface area contributed by atoms with Crippen molar-refractivity contribution < 1.29 is 9.53 Å². The number of H-pyrrole nitrogens is 1. The molecule has 1 aromatic carbocycles. The number of rotatable bonds is 3. The molecule has 0 saturated carbocycles. The quantitative estimate of drug-likeness (QED) is 0.731. The first-order chi connectivity index (χ1) is 11.7. The Morgan fingerprint density at radius 3 is 2.92 bits per heavy atom. The molecule has 1 aliphatic heterocycles. The Bertz CT molecular complexity index is 890. The van der Waals surface area contributed by atoms with Gasteiger partial charge >= 0.3 is 0 Å². The number of fused-ring (bicyclic) bond motifs is 3. The van der Waals surface area contributed by atoms with Gasteiger partial charge in [0.05, 0.1) is 18.5 Å². The van der Waals surface area contributed by atoms with Gasteiger partial charge in [-0.15, -0.1) is 10.2 Å². The van der Waals surface area contributed by atoms with E-state index < -0.39 is 0 Å². The van der Waals surface area contributed by atoms with E-state index in [1.54, 1.807) is 0 Å². The number of nitrogens with one attached hydrogen (secondary N) is 1. The summed E-state index contributed by atoms with van der Waals surface area (Å²) < 4.78 is 5.29. The van der Waals surface area contributed by atoms with Crippen LogP contribution in [0.3, 0.4) is 0 Å². The van der Waals surface area contributed by atoms with Crippen LogP contribution in [0.4, 0.5) is 0 Å². The van der Waals surface area contributed by atoms with Crippen LogP contribution in [0.2, 0.25) is 0 Å². The fraction of sp³-hybridized carbons (Fsp3) is 0.375. The van der Waals surface area contributed by atoms with Crippen molar-refractivity contribution in [2.45, 2.75) is 17.3 Å². The molecular weight excluding hydrogens is 326 g/mol. The lowest BCUT2D eigenvalue weighted by Gasteiger charge is -2.28. The fourth-order valence-electron chi connectivity index (χ4n) is 2.81. The van der Waals surface area contributed by atoms with Crippen LogP contribution >= 0.6 is 11.8 Å². The van der Waals surface area contributed by atoms with Crippen molar-refractivity contribution in [1.82, 2.24) is 25.1 Å². The summed E-state index contributed by atoms with van der Waals surface area (Å²) in [5.74, 6) is 0.0867. The number of hydrogen-bond acceptors (Lipinski definition) is 6. The minimum atomic E-state index is -0.258. The van der Waals surface area contributed by atoms with Crippen LogP contribution in [0.1, 0.15) is 6.92 Å². The predicted molar refractivity (Wildman–Crippen MR) is 91.9 cm³/mol. The van der Waals surface area contributed by atoms with E-state index in [9.17, 15) is 4.79 Å². The Morgan fingerprint density at radius 1 is 1.29 bits per heavy atom. The van der Waals surface area contributed by atoms with Crippen molar-refractivity contribution in [1.29, 1.82) is 0 Å². The third-order valence-corrected chi connectivity index (χ3v) is 4.99. The summed E-state index contributed by atoms with van der Waals surface area (Å²) in [6.45, 7) is 4.36. The lowest BCUT2D eigenvalue weighted by atomic mass is 10.2. The van der Waals surface area contributed by atoms with E-state index in [4.69, 9.17) is 4.74 Å². The van der Waals surface area contributed by atoms with Crippen LogP contribution in [0.15, 0.2) is 29.4 Å². The Hall–Kier alpha value is -2.19. The molecule has 0 unspecified atom stereocenters. The molecule has 24 heavy (non-hydrogen) atoms. The molecule has 1 fully saturated rings. The second-order valence-electron chi connectivity index (χ2n) is 5.66. The third-order valence-electron chi connectivity index (χ3n) is 4.06. The zero-order valence-corrected chi connectivity index (χ0v) is 14.0. The number of benzene rings is 1. The second-order valence-corrected chi connectivity index (χ2v) is 6.97. The molecule has 4 rings (SSSR count). The van der Waals surface area contributed by atoms with E-state index >= 15 is 0 Å². The SMILES string of the molecule is C[C@H](Sc1nnc2c(n1)[nH]c1ccccc12)C(=O)N1CCOCC1. The predicted octanol–water partition coefficient (Wildman–Crippen LogP) is 1.85. The van der Waals surface area contributed by atoms with Gasteiger partial charge in [-0.25, -0.2) is 4.98 Å². The van der Waals surface area contributed by atoms with Crippen molar-refractivity contribution in [2.75, 3.05) is 26.3 Å². The molecule has 1 saturated heterocycles. The Morgan fingerprint density at radius 2 is 2.08 bits per heavy atom. The van der Waals surface area contributed by atoms with Crippen LogP contribution < -0.4 is 0 Å². The number of ether oxygens (including phenoxy) is 1. The maximum Gasteiger partial charge on any atom is 0.236 e. The molecule has 124 valence electrons. The molecule has 2 aromatic heterocycles. The summed E-state index contributed by atoms with van der Waals surface area (Å²) in [6.07, 6.45) is 0. The lowest BCUT2D eigenvalue weighted by molar-refractivity contribution is -0.134. The van der Waals surface area contributed by atoms with E-state index in [1.165, 1.54) is 11.8 Å². The smallest absolute Gasteiger partial charge is 0.236 e. The van der Waals surface area contributed by atoms with E-state index in [0.717, 1.165) is 16.4 Å². The summed E-state index contributed by atoms with van der Waals surface area (Å²) in [7, 11) is 0. The summed E-state index contributed by atoms with van der Waals surface area (Å²) in [5.41, 5.74) is 2.43. The van der Waals surface area contributed by atoms with Crippen LogP contribution in [0, 0.1) is 0 Å². The molecule has 7 nitrogen and oxygen atoms in total. The number of amides is 1. The number of nitrogens with zero attached hydrogens (tertiary/aromatic N) is 4. The first kappa shape index (κ1) is 15.3. The molecule has 1 amide bonds. The molecule has 0 spiro atoms. The number of morpholine rings is 1. The van der Waals surface area contributed by atoms with Crippen LogP contribution in [0.5, 0.6) is 0 Å². The van der Waals surface area contributed by atoms with Gasteiger partial charge in [0, 0.05) is 24.0 Å². The average molecular weight is 343 g/mol. The average Bonchev–Trinajstić information content (AvgIpc) is 2.99. The highest BCUT2D eigenvalue weighted by atomic mass is 32.2. The molecular formula is C16H17N5O2S. The van der Waals surface area contributed by atoms with Crippen LogP contribution in [-0.2, 0) is 9.53 Å². The first-order valence-corrected chi connectivity index (χ1v) is 8.74. The molecule has 1 atom stereocenters. The van der Waals surface area contributed by atoms with Gasteiger partial charge in [-0.2, -0.15) is 0 Å². The number of aromatic amines is 1. The number of aromatic nitrogens is 4. The Labute approximate surface area is 142 Å². The molecule has 0 bridgehead atoms. The van der Waals surface area contributed by atoms with Gasteiger partial charge < -0.3 is 14.6 Å². The molecule has 0 radical (unpaired) electrons. The van der Waals surface area contributed by atoms with Gasteiger partial charge in [0.15, 0.2) is 5.65 Å². The standard InChI is InChI=1S/C16H17N5O2S/c1-10(15(22)21-6-8-23-9-7-21)24-16-18-14-13(19-20-16)11-4-2-3-5-12(11)17-14/h2-5,10H,6-9H2,1H3,(H,17,18,20)/t10-/m0/s1. The second kappa shape index (κ2) is 6.37. The van der Waals surface area contributed by atoms with E-state index in [0.29, 0.717) is 37.1 Å². The van der Waals surface area contributed by atoms with Crippen molar-refractivity contribution in [3.63, 3.8) is 0 Å². The van der Waals surface area contributed by atoms with Crippen molar-refractivity contribution in [3.05, 3.63) is 24.3 Å². The van der Waals surface area contributed by atoms with Crippen molar-refractivity contribution in [2.24, 2.45) is 0 Å². The number of carbonyl (C=O) groups is 1. The van der Waals surface area contributed by atoms with Gasteiger partial charge in [0.2, 0.25) is 11.1 Å². The Kier molecular flexibility index (Phi) is 4.07. The number of hydrogen-bond donors (Lipinski definition) is 1.